The van der Waals surface area contributed by atoms with Crippen LogP contribution in [-0.4, -0.2) is 33.7 Å². The highest BCUT2D eigenvalue weighted by molar-refractivity contribution is 6.30. The molecule has 0 fully saturated rings. The third-order valence-corrected chi connectivity index (χ3v) is 7.60. The lowest BCUT2D eigenvalue weighted by molar-refractivity contribution is -0.118. The summed E-state index contributed by atoms with van der Waals surface area (Å²) in [5, 5.41) is 3.19. The largest absolute Gasteiger partial charge is 0.335 e. The van der Waals surface area contributed by atoms with E-state index in [0.29, 0.717) is 40.9 Å². The molecular weight excluding hydrogens is 512 g/mol. The highest BCUT2D eigenvalue weighted by Gasteiger charge is 2.28. The third kappa shape index (κ3) is 5.88. The minimum absolute atomic E-state index is 0.0140. The maximum Gasteiger partial charge on any atom is 0.286 e. The van der Waals surface area contributed by atoms with Gasteiger partial charge in [0.2, 0.25) is 0 Å². The van der Waals surface area contributed by atoms with Crippen LogP contribution in [0.3, 0.4) is 0 Å². The number of benzene rings is 3. The fourth-order valence-corrected chi connectivity index (χ4v) is 5.54. The number of carbonyl (C=O) groups is 2. The van der Waals surface area contributed by atoms with Crippen molar-refractivity contribution in [3.63, 3.8) is 0 Å². The number of nitrogens with zero attached hydrogens (tertiary/aromatic N) is 4. The van der Waals surface area contributed by atoms with Crippen molar-refractivity contribution in [1.29, 1.82) is 0 Å². The van der Waals surface area contributed by atoms with E-state index in [2.05, 4.69) is 5.18 Å². The molecule has 1 aliphatic carbocycles. The van der Waals surface area contributed by atoms with Gasteiger partial charge in [-0.05, 0) is 80.0 Å². The summed E-state index contributed by atoms with van der Waals surface area (Å²) < 4.78 is 0. The van der Waals surface area contributed by atoms with E-state index in [4.69, 9.17) is 21.6 Å². The molecule has 2 amide bonds. The first kappa shape index (κ1) is 26.6. The smallest absolute Gasteiger partial charge is 0.286 e. The second-order valence-electron chi connectivity index (χ2n) is 9.95. The predicted octanol–water partition coefficient (Wildman–Crippen LogP) is 7.11. The van der Waals surface area contributed by atoms with Crippen LogP contribution in [0.2, 0.25) is 5.02 Å². The number of hydrogen-bond acceptors (Lipinski definition) is 5. The molecule has 0 bridgehead atoms. The molecule has 0 saturated heterocycles. The van der Waals surface area contributed by atoms with Crippen LogP contribution in [0.15, 0.2) is 71.9 Å². The van der Waals surface area contributed by atoms with Crippen LogP contribution in [0.1, 0.15) is 65.3 Å². The van der Waals surface area contributed by atoms with E-state index in [1.807, 2.05) is 78.7 Å². The van der Waals surface area contributed by atoms with Crippen LogP contribution in [0.5, 0.6) is 0 Å². The maximum absolute atomic E-state index is 13.6. The van der Waals surface area contributed by atoms with Gasteiger partial charge < -0.3 is 4.90 Å². The first-order chi connectivity index (χ1) is 18.9. The Kier molecular flexibility index (Phi) is 8.07. The van der Waals surface area contributed by atoms with Gasteiger partial charge in [-0.3, -0.25) is 9.59 Å². The quantitative estimate of drug-likeness (QED) is 0.175. The summed E-state index contributed by atoms with van der Waals surface area (Å²) in [6.45, 7) is 0. The molecular formula is C31H29ClN4O3. The fourth-order valence-electron chi connectivity index (χ4n) is 5.34. The van der Waals surface area contributed by atoms with E-state index in [0.717, 1.165) is 41.8 Å². The van der Waals surface area contributed by atoms with Crippen LogP contribution in [0.4, 0.5) is 0 Å². The molecule has 198 valence electrons. The van der Waals surface area contributed by atoms with Crippen molar-refractivity contribution in [2.24, 2.45) is 5.18 Å². The third-order valence-electron chi connectivity index (χ3n) is 7.36. The Labute approximate surface area is 232 Å². The lowest BCUT2D eigenvalue weighted by atomic mass is 9.86. The number of halogens is 1. The van der Waals surface area contributed by atoms with E-state index >= 15 is 0 Å². The van der Waals surface area contributed by atoms with Gasteiger partial charge in [-0.2, -0.15) is 0 Å². The number of carbonyl (C=O) groups excluding carboxylic acids is 2. The van der Waals surface area contributed by atoms with Crippen LogP contribution >= 0.6 is 11.6 Å². The lowest BCUT2D eigenvalue weighted by Gasteiger charge is -2.33. The van der Waals surface area contributed by atoms with Gasteiger partial charge in [0, 0.05) is 34.8 Å². The number of nitroso groups, excluding NO2 is 1. The van der Waals surface area contributed by atoms with E-state index in [1.54, 1.807) is 0 Å². The number of rotatable bonds is 8. The van der Waals surface area contributed by atoms with E-state index in [-0.39, 0.29) is 18.4 Å². The molecule has 39 heavy (non-hydrogen) atoms. The Morgan fingerprint density at radius 3 is 2.62 bits per heavy atom. The molecule has 0 spiro atoms. The lowest BCUT2D eigenvalue weighted by Crippen LogP contribution is -2.33. The monoisotopic (exact) mass is 540 g/mol. The summed E-state index contributed by atoms with van der Waals surface area (Å²) in [5.74, 6) is -0.709. The molecule has 0 N–H and O–H groups in total. The topological polar surface area (TPSA) is 92.6 Å². The average molecular weight is 541 g/mol. The predicted molar refractivity (Wildman–Crippen MR) is 153 cm³/mol. The number of amides is 2. The van der Waals surface area contributed by atoms with Crippen molar-refractivity contribution in [2.45, 2.75) is 51.0 Å². The van der Waals surface area contributed by atoms with Crippen LogP contribution in [0, 0.1) is 4.91 Å². The summed E-state index contributed by atoms with van der Waals surface area (Å²) in [7, 11) is 1.85. The maximum atomic E-state index is 13.6. The molecule has 4 aromatic rings. The van der Waals surface area contributed by atoms with Crippen molar-refractivity contribution < 1.29 is 9.59 Å². The number of unbranched alkanes of at least 4 members (excludes halogenated alkanes) is 1. The van der Waals surface area contributed by atoms with Crippen molar-refractivity contribution in [2.75, 3.05) is 7.05 Å². The van der Waals surface area contributed by atoms with Crippen LogP contribution in [0.25, 0.3) is 22.3 Å². The zero-order valence-electron chi connectivity index (χ0n) is 21.8. The average Bonchev–Trinajstić information content (AvgIpc) is 2.97. The van der Waals surface area contributed by atoms with Gasteiger partial charge in [-0.1, -0.05) is 48.0 Å². The van der Waals surface area contributed by atoms with Gasteiger partial charge in [0.15, 0.2) is 0 Å². The number of fused-ring (bicyclic) bond motifs is 2. The molecule has 8 heteroatoms. The standard InChI is InChI=1S/C31H29ClN4O3/c1-36(28-12-7-10-21-18-23(32)15-16-24(21)28)31(38)22-14-17-25-27(19-22)33-26(11-5-6-13-29(37)35-39)30(34-25)20-8-3-2-4-9-20/h2-4,8-9,14-19,28H,5-7,10-13H2,1H3/t28-/m1/s1. The number of aryl methyl sites for hydroxylation is 2. The van der Waals surface area contributed by atoms with Crippen molar-refractivity contribution in [1.82, 2.24) is 14.9 Å². The van der Waals surface area contributed by atoms with Gasteiger partial charge in [0.1, 0.15) is 0 Å². The molecule has 0 aliphatic heterocycles. The molecule has 5 rings (SSSR count). The number of aromatic nitrogens is 2. The Morgan fingerprint density at radius 1 is 1.00 bits per heavy atom. The molecule has 7 nitrogen and oxygen atoms in total. The normalized spacial score (nSPS) is 14.6. The van der Waals surface area contributed by atoms with Crippen LogP contribution in [-0.2, 0) is 17.6 Å². The summed E-state index contributed by atoms with van der Waals surface area (Å²) in [6, 6.07) is 21.2. The number of hydrogen-bond donors (Lipinski definition) is 0. The van der Waals surface area contributed by atoms with Crippen molar-refractivity contribution >= 4 is 34.4 Å². The van der Waals surface area contributed by atoms with Gasteiger partial charge >= 0.3 is 0 Å². The van der Waals surface area contributed by atoms with Crippen LogP contribution < -0.4 is 0 Å². The zero-order valence-corrected chi connectivity index (χ0v) is 22.5. The first-order valence-electron chi connectivity index (χ1n) is 13.2. The summed E-state index contributed by atoms with van der Waals surface area (Å²) in [5.41, 5.74) is 6.77. The Balaban J connectivity index is 1.44. The zero-order chi connectivity index (χ0) is 27.4. The Morgan fingerprint density at radius 2 is 1.82 bits per heavy atom. The highest BCUT2D eigenvalue weighted by Crippen LogP contribution is 2.36. The van der Waals surface area contributed by atoms with Gasteiger partial charge in [-0.15, -0.1) is 4.91 Å². The fraction of sp³-hybridized carbons (Fsp3) is 0.290. The summed E-state index contributed by atoms with van der Waals surface area (Å²) in [6.07, 6.45) is 4.76. The van der Waals surface area contributed by atoms with Gasteiger partial charge in [0.05, 0.1) is 28.5 Å². The summed E-state index contributed by atoms with van der Waals surface area (Å²) in [4.78, 5) is 47.0. The first-order valence-corrected chi connectivity index (χ1v) is 13.6. The highest BCUT2D eigenvalue weighted by atomic mass is 35.5. The van der Waals surface area contributed by atoms with Gasteiger partial charge in [-0.25, -0.2) is 9.97 Å². The van der Waals surface area contributed by atoms with E-state index in [1.165, 1.54) is 5.56 Å². The molecule has 1 aromatic heterocycles. The second-order valence-corrected chi connectivity index (χ2v) is 10.4. The second kappa shape index (κ2) is 11.8. The summed E-state index contributed by atoms with van der Waals surface area (Å²) >= 11 is 6.22. The molecule has 1 aliphatic rings. The minimum Gasteiger partial charge on any atom is -0.335 e. The van der Waals surface area contributed by atoms with E-state index < -0.39 is 5.91 Å². The SMILES string of the molecule is CN(C(=O)c1ccc2nc(-c3ccccc3)c(CCCCC(=O)N=O)nc2c1)[C@@H]1CCCc2cc(Cl)ccc21. The Hall–Kier alpha value is -3.97. The van der Waals surface area contributed by atoms with Gasteiger partial charge in [0.25, 0.3) is 11.8 Å². The molecule has 1 atom stereocenters. The molecule has 0 saturated carbocycles. The molecule has 0 radical (unpaired) electrons. The van der Waals surface area contributed by atoms with Crippen molar-refractivity contribution in [3.05, 3.63) is 99.0 Å². The molecule has 1 heterocycles. The Bertz CT molecular complexity index is 1540. The molecule has 0 unspecified atom stereocenters. The van der Waals surface area contributed by atoms with Crippen molar-refractivity contribution in [3.8, 4) is 11.3 Å². The van der Waals surface area contributed by atoms with E-state index in [9.17, 15) is 14.5 Å². The minimum atomic E-state index is -0.640. The molecule has 3 aromatic carbocycles.